The van der Waals surface area contributed by atoms with Crippen LogP contribution in [0.5, 0.6) is 0 Å². The minimum absolute atomic E-state index is 0.0682. The summed E-state index contributed by atoms with van der Waals surface area (Å²) in [7, 11) is 0. The van der Waals surface area contributed by atoms with E-state index >= 15 is 0 Å². The van der Waals surface area contributed by atoms with Crippen LogP contribution in [0.4, 0.5) is 0 Å². The van der Waals surface area contributed by atoms with Gasteiger partial charge in [-0.15, -0.1) is 0 Å². The molecule has 1 rings (SSSR count). The van der Waals surface area contributed by atoms with Crippen LogP contribution in [0.3, 0.4) is 0 Å². The summed E-state index contributed by atoms with van der Waals surface area (Å²) < 4.78 is 0. The largest absolute Gasteiger partial charge is 0.480 e. The fourth-order valence-electron chi connectivity index (χ4n) is 1.42. The van der Waals surface area contributed by atoms with E-state index in [1.807, 2.05) is 43.3 Å². The fourth-order valence-corrected chi connectivity index (χ4v) is 2.26. The molecule has 0 amide bonds. The quantitative estimate of drug-likeness (QED) is 0.834. The van der Waals surface area contributed by atoms with E-state index in [-0.39, 0.29) is 10.9 Å². The number of hydrogen-bond acceptors (Lipinski definition) is 4. The first-order valence-electron chi connectivity index (χ1n) is 5.85. The maximum Gasteiger partial charge on any atom is 0.321 e. The second kappa shape index (κ2) is 7.76. The number of rotatable bonds is 6. The van der Waals surface area contributed by atoms with Gasteiger partial charge in [0, 0.05) is 12.2 Å². The minimum atomic E-state index is -1.09. The van der Waals surface area contributed by atoms with E-state index in [9.17, 15) is 9.59 Å². The zero-order valence-electron chi connectivity index (χ0n) is 10.7. The molecule has 3 N–H and O–H groups in total. The Bertz CT molecular complexity index is 471. The molecule has 102 valence electrons. The maximum absolute atomic E-state index is 11.6. The lowest BCUT2D eigenvalue weighted by atomic mass is 10.1. The van der Waals surface area contributed by atoms with E-state index in [0.717, 1.165) is 22.9 Å². The fraction of sp³-hybridized carbons (Fsp3) is 0.286. The van der Waals surface area contributed by atoms with Gasteiger partial charge in [-0.2, -0.15) is 0 Å². The van der Waals surface area contributed by atoms with Crippen molar-refractivity contribution in [3.8, 4) is 0 Å². The van der Waals surface area contributed by atoms with Crippen molar-refractivity contribution < 1.29 is 14.7 Å². The zero-order valence-corrected chi connectivity index (χ0v) is 11.5. The molecule has 0 aliphatic heterocycles. The molecule has 0 heterocycles. The Kier molecular flexibility index (Phi) is 6.32. The van der Waals surface area contributed by atoms with Gasteiger partial charge in [0.1, 0.15) is 6.04 Å². The Hall–Kier alpha value is -1.59. The predicted molar refractivity (Wildman–Crippen MR) is 77.8 cm³/mol. The average molecular weight is 279 g/mol. The number of thioether (sulfide) groups is 1. The zero-order chi connectivity index (χ0) is 14.3. The van der Waals surface area contributed by atoms with Gasteiger partial charge in [0.05, 0.1) is 0 Å². The van der Waals surface area contributed by atoms with Crippen LogP contribution in [-0.4, -0.2) is 28.0 Å². The predicted octanol–water partition coefficient (Wildman–Crippen LogP) is 2.15. The summed E-state index contributed by atoms with van der Waals surface area (Å²) in [5.41, 5.74) is 7.31. The van der Waals surface area contributed by atoms with E-state index in [2.05, 4.69) is 0 Å². The van der Waals surface area contributed by atoms with Crippen molar-refractivity contribution in [1.29, 1.82) is 0 Å². The number of nitrogens with two attached hydrogens (primary N) is 1. The van der Waals surface area contributed by atoms with E-state index in [0.29, 0.717) is 6.42 Å². The lowest BCUT2D eigenvalue weighted by molar-refractivity contribution is -0.137. The highest BCUT2D eigenvalue weighted by atomic mass is 32.2. The number of allylic oxidation sites excluding steroid dienone is 1. The summed E-state index contributed by atoms with van der Waals surface area (Å²) >= 11 is 0.966. The first-order chi connectivity index (χ1) is 8.99. The monoisotopic (exact) mass is 279 g/mol. The van der Waals surface area contributed by atoms with Gasteiger partial charge in [-0.1, -0.05) is 53.7 Å². The minimum Gasteiger partial charge on any atom is -0.480 e. The van der Waals surface area contributed by atoms with Crippen LogP contribution in [0.2, 0.25) is 0 Å². The van der Waals surface area contributed by atoms with E-state index < -0.39 is 12.0 Å². The van der Waals surface area contributed by atoms with Gasteiger partial charge in [0.15, 0.2) is 5.12 Å². The van der Waals surface area contributed by atoms with Gasteiger partial charge in [-0.3, -0.25) is 9.59 Å². The van der Waals surface area contributed by atoms with E-state index in [1.165, 1.54) is 0 Å². The Labute approximate surface area is 116 Å². The van der Waals surface area contributed by atoms with Crippen molar-refractivity contribution in [2.45, 2.75) is 19.4 Å². The molecular weight excluding hydrogens is 262 g/mol. The highest BCUT2D eigenvalue weighted by Gasteiger charge is 2.14. The van der Waals surface area contributed by atoms with Crippen LogP contribution in [-0.2, 0) is 9.59 Å². The molecule has 0 radical (unpaired) electrons. The van der Waals surface area contributed by atoms with Gasteiger partial charge in [-0.05, 0) is 12.5 Å². The molecule has 0 aromatic heterocycles. The normalized spacial score (nSPS) is 13.1. The van der Waals surface area contributed by atoms with Crippen LogP contribution in [0.1, 0.15) is 18.9 Å². The molecule has 1 aromatic rings. The number of carboxylic acids is 1. The molecule has 0 spiro atoms. The second-order valence-corrected chi connectivity index (χ2v) is 5.28. The highest BCUT2D eigenvalue weighted by Crippen LogP contribution is 2.15. The van der Waals surface area contributed by atoms with Crippen LogP contribution in [0.15, 0.2) is 35.9 Å². The summed E-state index contributed by atoms with van der Waals surface area (Å²) in [6.45, 7) is 1.88. The van der Waals surface area contributed by atoms with E-state index in [1.54, 1.807) is 0 Å². The van der Waals surface area contributed by atoms with Crippen molar-refractivity contribution in [3.63, 3.8) is 0 Å². The standard InChI is InChI=1S/C14H17NO3S/c1-10(7-11-5-3-2-4-6-11)8-13(16)19-9-12(15)14(17)18/h2-7,12H,8-9,15H2,1H3,(H,17,18)/t12-/m0/s1. The number of carbonyl (C=O) groups is 2. The van der Waals surface area contributed by atoms with Crippen molar-refractivity contribution in [2.75, 3.05) is 5.75 Å². The number of carbonyl (C=O) groups excluding carboxylic acids is 1. The maximum atomic E-state index is 11.6. The molecule has 19 heavy (non-hydrogen) atoms. The molecule has 0 saturated carbocycles. The Balaban J connectivity index is 2.44. The molecular formula is C14H17NO3S. The number of benzene rings is 1. The lowest BCUT2D eigenvalue weighted by Gasteiger charge is -2.05. The molecule has 1 aromatic carbocycles. The molecule has 0 aliphatic rings. The molecule has 5 heteroatoms. The lowest BCUT2D eigenvalue weighted by Crippen LogP contribution is -2.32. The van der Waals surface area contributed by atoms with Crippen molar-refractivity contribution in [1.82, 2.24) is 0 Å². The number of carboxylic acid groups (broad SMARTS) is 1. The first kappa shape index (κ1) is 15.5. The third-order valence-electron chi connectivity index (χ3n) is 2.38. The molecule has 0 unspecified atom stereocenters. The summed E-state index contributed by atoms with van der Waals surface area (Å²) in [6.07, 6.45) is 2.24. The SMILES string of the molecule is CC(=Cc1ccccc1)CC(=O)SC[C@H](N)C(=O)O. The molecule has 4 nitrogen and oxygen atoms in total. The van der Waals surface area contributed by atoms with Crippen LogP contribution >= 0.6 is 11.8 Å². The van der Waals surface area contributed by atoms with Crippen molar-refractivity contribution in [3.05, 3.63) is 41.5 Å². The Morgan fingerprint density at radius 1 is 1.37 bits per heavy atom. The van der Waals surface area contributed by atoms with Crippen molar-refractivity contribution >= 4 is 28.9 Å². The van der Waals surface area contributed by atoms with Crippen LogP contribution in [0, 0.1) is 0 Å². The summed E-state index contributed by atoms with van der Waals surface area (Å²) in [5, 5.41) is 8.54. The number of aliphatic carboxylic acids is 1. The molecule has 1 atom stereocenters. The topological polar surface area (TPSA) is 80.4 Å². The van der Waals surface area contributed by atoms with E-state index in [4.69, 9.17) is 10.8 Å². The third-order valence-corrected chi connectivity index (χ3v) is 3.37. The van der Waals surface area contributed by atoms with Gasteiger partial charge in [-0.25, -0.2) is 0 Å². The second-order valence-electron chi connectivity index (χ2n) is 4.21. The Morgan fingerprint density at radius 2 is 2.00 bits per heavy atom. The molecule has 0 fully saturated rings. The van der Waals surface area contributed by atoms with Gasteiger partial charge < -0.3 is 10.8 Å². The van der Waals surface area contributed by atoms with Crippen molar-refractivity contribution in [2.24, 2.45) is 5.73 Å². The summed E-state index contributed by atoms with van der Waals surface area (Å²) in [4.78, 5) is 22.2. The third kappa shape index (κ3) is 6.22. The summed E-state index contributed by atoms with van der Waals surface area (Å²) in [5.74, 6) is -0.982. The van der Waals surface area contributed by atoms with Gasteiger partial charge >= 0.3 is 5.97 Å². The van der Waals surface area contributed by atoms with Gasteiger partial charge in [0.25, 0.3) is 0 Å². The van der Waals surface area contributed by atoms with Crippen LogP contribution in [0.25, 0.3) is 6.08 Å². The van der Waals surface area contributed by atoms with Gasteiger partial charge in [0.2, 0.25) is 0 Å². The van der Waals surface area contributed by atoms with Crippen LogP contribution < -0.4 is 5.73 Å². The highest BCUT2D eigenvalue weighted by molar-refractivity contribution is 8.13. The number of hydrogen-bond donors (Lipinski definition) is 2. The Morgan fingerprint density at radius 3 is 2.58 bits per heavy atom. The first-order valence-corrected chi connectivity index (χ1v) is 6.84. The average Bonchev–Trinajstić information content (AvgIpc) is 2.36. The summed E-state index contributed by atoms with van der Waals surface area (Å²) in [6, 6.07) is 8.72. The molecule has 0 bridgehead atoms. The molecule has 0 aliphatic carbocycles. The smallest absolute Gasteiger partial charge is 0.321 e. The molecule has 0 saturated heterocycles.